The summed E-state index contributed by atoms with van der Waals surface area (Å²) < 4.78 is 22.7. The van der Waals surface area contributed by atoms with Gasteiger partial charge in [-0.3, -0.25) is 4.79 Å². The number of likely N-dealkylation sites (N-methyl/N-ethyl adjacent to an activating group) is 2. The zero-order chi connectivity index (χ0) is 13.1. The highest BCUT2D eigenvalue weighted by Crippen LogP contribution is 2.37. The van der Waals surface area contributed by atoms with Gasteiger partial charge in [-0.25, -0.2) is 8.42 Å². The number of carbonyl (C=O) groups excluding carboxylic acids is 1. The maximum Gasteiger partial charge on any atom is 0.243 e. The molecule has 0 radical (unpaired) electrons. The van der Waals surface area contributed by atoms with Crippen LogP contribution in [0.4, 0.5) is 0 Å². The van der Waals surface area contributed by atoms with E-state index < -0.39 is 14.6 Å². The zero-order valence-corrected chi connectivity index (χ0v) is 12.9. The predicted molar refractivity (Wildman–Crippen MR) is 74.9 cm³/mol. The summed E-state index contributed by atoms with van der Waals surface area (Å²) in [6.45, 7) is 1.20. The van der Waals surface area contributed by atoms with E-state index in [0.717, 1.165) is 12.8 Å². The molecule has 1 amide bonds. The van der Waals surface area contributed by atoms with Crippen LogP contribution < -0.4 is 5.32 Å². The van der Waals surface area contributed by atoms with Crippen molar-refractivity contribution in [1.82, 2.24) is 10.2 Å². The Labute approximate surface area is 116 Å². The first kappa shape index (κ1) is 17.7. The SMILES string of the molecule is CNCCN(C)C(=O)C1(S(C)(=O)=O)CCCC1.Cl. The van der Waals surface area contributed by atoms with Crippen LogP contribution in [0, 0.1) is 0 Å². The third-order valence-corrected chi connectivity index (χ3v) is 5.56. The summed E-state index contributed by atoms with van der Waals surface area (Å²) in [6.07, 6.45) is 3.75. The molecule has 18 heavy (non-hydrogen) atoms. The van der Waals surface area contributed by atoms with E-state index in [1.54, 1.807) is 14.1 Å². The van der Waals surface area contributed by atoms with E-state index in [2.05, 4.69) is 5.32 Å². The van der Waals surface area contributed by atoms with Crippen LogP contribution >= 0.6 is 12.4 Å². The van der Waals surface area contributed by atoms with Gasteiger partial charge in [0.25, 0.3) is 0 Å². The van der Waals surface area contributed by atoms with E-state index >= 15 is 0 Å². The number of hydrogen-bond donors (Lipinski definition) is 1. The fourth-order valence-corrected chi connectivity index (χ4v) is 3.92. The van der Waals surface area contributed by atoms with Gasteiger partial charge < -0.3 is 10.2 Å². The van der Waals surface area contributed by atoms with Crippen molar-refractivity contribution in [1.29, 1.82) is 0 Å². The molecule has 0 aromatic heterocycles. The van der Waals surface area contributed by atoms with E-state index in [0.29, 0.717) is 25.9 Å². The molecule has 1 aliphatic rings. The quantitative estimate of drug-likeness (QED) is 0.800. The number of halogens is 1. The summed E-state index contributed by atoms with van der Waals surface area (Å²) in [5.41, 5.74) is 0. The van der Waals surface area contributed by atoms with Crippen LogP contribution in [0.25, 0.3) is 0 Å². The van der Waals surface area contributed by atoms with Crippen molar-refractivity contribution in [2.75, 3.05) is 33.4 Å². The van der Waals surface area contributed by atoms with Gasteiger partial charge in [-0.15, -0.1) is 12.4 Å². The third-order valence-electron chi connectivity index (χ3n) is 3.55. The van der Waals surface area contributed by atoms with Crippen molar-refractivity contribution in [3.8, 4) is 0 Å². The van der Waals surface area contributed by atoms with Crippen LogP contribution in [0.3, 0.4) is 0 Å². The Kier molecular flexibility index (Phi) is 6.60. The molecule has 7 heteroatoms. The maximum absolute atomic E-state index is 12.3. The zero-order valence-electron chi connectivity index (χ0n) is 11.2. The molecule has 1 saturated carbocycles. The van der Waals surface area contributed by atoms with E-state index in [-0.39, 0.29) is 18.3 Å². The molecule has 108 valence electrons. The Morgan fingerprint density at radius 1 is 1.33 bits per heavy atom. The van der Waals surface area contributed by atoms with Gasteiger partial charge in [-0.1, -0.05) is 12.8 Å². The maximum atomic E-state index is 12.3. The lowest BCUT2D eigenvalue weighted by molar-refractivity contribution is -0.132. The average Bonchev–Trinajstić information content (AvgIpc) is 2.74. The van der Waals surface area contributed by atoms with Crippen molar-refractivity contribution < 1.29 is 13.2 Å². The fourth-order valence-electron chi connectivity index (χ4n) is 2.42. The molecule has 1 fully saturated rings. The van der Waals surface area contributed by atoms with Crippen molar-refractivity contribution in [3.05, 3.63) is 0 Å². The van der Waals surface area contributed by atoms with Crippen LogP contribution in [-0.4, -0.2) is 57.4 Å². The molecule has 5 nitrogen and oxygen atoms in total. The minimum atomic E-state index is -3.35. The number of sulfone groups is 1. The first-order chi connectivity index (χ1) is 7.85. The molecule has 0 bridgehead atoms. The van der Waals surface area contributed by atoms with Gasteiger partial charge in [0.1, 0.15) is 0 Å². The highest BCUT2D eigenvalue weighted by atomic mass is 35.5. The molecular weight excluding hydrogens is 276 g/mol. The molecule has 1 rings (SSSR count). The fraction of sp³-hybridized carbons (Fsp3) is 0.909. The van der Waals surface area contributed by atoms with Crippen molar-refractivity contribution in [2.45, 2.75) is 30.4 Å². The molecule has 0 aliphatic heterocycles. The van der Waals surface area contributed by atoms with Crippen LogP contribution in [0.2, 0.25) is 0 Å². The second kappa shape index (κ2) is 6.73. The van der Waals surface area contributed by atoms with E-state index in [1.165, 1.54) is 11.2 Å². The van der Waals surface area contributed by atoms with Gasteiger partial charge in [0.2, 0.25) is 5.91 Å². The van der Waals surface area contributed by atoms with Crippen LogP contribution in [0.1, 0.15) is 25.7 Å². The average molecular weight is 299 g/mol. The Bertz CT molecular complexity index is 378. The Morgan fingerprint density at radius 3 is 2.22 bits per heavy atom. The third kappa shape index (κ3) is 3.36. The topological polar surface area (TPSA) is 66.5 Å². The molecule has 0 heterocycles. The van der Waals surface area contributed by atoms with Gasteiger partial charge in [0.05, 0.1) is 0 Å². The summed E-state index contributed by atoms with van der Waals surface area (Å²) in [4.78, 5) is 13.9. The summed E-state index contributed by atoms with van der Waals surface area (Å²) in [5, 5.41) is 2.95. The number of rotatable bonds is 5. The molecule has 0 spiro atoms. The second-order valence-corrected chi connectivity index (χ2v) is 7.13. The van der Waals surface area contributed by atoms with Gasteiger partial charge in [0.15, 0.2) is 14.6 Å². The number of amides is 1. The summed E-state index contributed by atoms with van der Waals surface area (Å²) in [6, 6.07) is 0. The molecule has 0 aromatic carbocycles. The van der Waals surface area contributed by atoms with Crippen molar-refractivity contribution in [3.63, 3.8) is 0 Å². The lowest BCUT2D eigenvalue weighted by Crippen LogP contribution is -2.51. The summed E-state index contributed by atoms with van der Waals surface area (Å²) in [7, 11) is 0.132. The lowest BCUT2D eigenvalue weighted by atomic mass is 10.1. The van der Waals surface area contributed by atoms with Gasteiger partial charge in [0, 0.05) is 26.4 Å². The van der Waals surface area contributed by atoms with E-state index in [4.69, 9.17) is 0 Å². The minimum Gasteiger partial charge on any atom is -0.343 e. The van der Waals surface area contributed by atoms with E-state index in [9.17, 15) is 13.2 Å². The van der Waals surface area contributed by atoms with Gasteiger partial charge >= 0.3 is 0 Å². The van der Waals surface area contributed by atoms with Gasteiger partial charge in [-0.2, -0.15) is 0 Å². The minimum absolute atomic E-state index is 0. The van der Waals surface area contributed by atoms with Crippen molar-refractivity contribution in [2.24, 2.45) is 0 Å². The second-order valence-electron chi connectivity index (χ2n) is 4.80. The summed E-state index contributed by atoms with van der Waals surface area (Å²) in [5.74, 6) is -0.243. The molecule has 1 N–H and O–H groups in total. The monoisotopic (exact) mass is 298 g/mol. The molecular formula is C11H23ClN2O3S. The van der Waals surface area contributed by atoms with Crippen LogP contribution in [0.15, 0.2) is 0 Å². The lowest BCUT2D eigenvalue weighted by Gasteiger charge is -2.30. The van der Waals surface area contributed by atoms with Gasteiger partial charge in [-0.05, 0) is 19.9 Å². The van der Waals surface area contributed by atoms with Crippen molar-refractivity contribution >= 4 is 28.2 Å². The Hall–Kier alpha value is -0.330. The Morgan fingerprint density at radius 2 is 1.83 bits per heavy atom. The van der Waals surface area contributed by atoms with E-state index in [1.807, 2.05) is 0 Å². The molecule has 0 saturated heterocycles. The summed E-state index contributed by atoms with van der Waals surface area (Å²) >= 11 is 0. The first-order valence-corrected chi connectivity index (χ1v) is 7.84. The number of carbonyl (C=O) groups is 1. The standard InChI is InChI=1S/C11H22N2O3S.ClH/c1-12-8-9-13(2)10(14)11(17(3,15)16)6-4-5-7-11;/h12H,4-9H2,1-3H3;1H. The molecule has 0 aromatic rings. The van der Waals surface area contributed by atoms with Crippen LogP contribution in [0.5, 0.6) is 0 Å². The smallest absolute Gasteiger partial charge is 0.243 e. The highest BCUT2D eigenvalue weighted by Gasteiger charge is 2.50. The van der Waals surface area contributed by atoms with Crippen LogP contribution in [-0.2, 0) is 14.6 Å². The predicted octanol–water partition coefficient (Wildman–Crippen LogP) is 0.443. The normalized spacial score (nSPS) is 18.2. The number of nitrogens with one attached hydrogen (secondary N) is 1. The first-order valence-electron chi connectivity index (χ1n) is 5.95. The molecule has 0 atom stereocenters. The largest absolute Gasteiger partial charge is 0.343 e. The Balaban J connectivity index is 0.00000289. The molecule has 1 aliphatic carbocycles. The highest BCUT2D eigenvalue weighted by molar-refractivity contribution is 7.92. The molecule has 0 unspecified atom stereocenters. The number of hydrogen-bond acceptors (Lipinski definition) is 4. The number of nitrogens with zero attached hydrogens (tertiary/aromatic N) is 1.